The van der Waals surface area contributed by atoms with Crippen molar-refractivity contribution >= 4 is 5.91 Å². The molecule has 2 N–H and O–H groups in total. The summed E-state index contributed by atoms with van der Waals surface area (Å²) in [5.74, 6) is -0.333. The minimum absolute atomic E-state index is 0.0246. The van der Waals surface area contributed by atoms with Crippen molar-refractivity contribution in [2.75, 3.05) is 13.6 Å². The number of likely N-dealkylation sites (N-methyl/N-ethyl adjacent to an activating group) is 1. The Morgan fingerprint density at radius 3 is 3.11 bits per heavy atom. The highest BCUT2D eigenvalue weighted by Crippen LogP contribution is 2.25. The van der Waals surface area contributed by atoms with E-state index in [4.69, 9.17) is 0 Å². The summed E-state index contributed by atoms with van der Waals surface area (Å²) in [5.41, 5.74) is 0.519. The fourth-order valence-electron chi connectivity index (χ4n) is 2.38. The standard InChI is InChI=1S/C13H17FN2O2/c1-15-13(18)11-3-2-6-16(11)8-9-7-10(14)4-5-12(9)17/h4-5,7,11,17H,2-3,6,8H2,1H3,(H,15,18). The number of carbonyl (C=O) groups excluding carboxylic acids is 1. The molecule has 1 aliphatic heterocycles. The van der Waals surface area contributed by atoms with Gasteiger partial charge in [-0.1, -0.05) is 0 Å². The van der Waals surface area contributed by atoms with Crippen molar-refractivity contribution < 1.29 is 14.3 Å². The maximum atomic E-state index is 13.1. The van der Waals surface area contributed by atoms with Gasteiger partial charge in [0.15, 0.2) is 0 Å². The number of amides is 1. The van der Waals surface area contributed by atoms with Gasteiger partial charge in [0.2, 0.25) is 5.91 Å². The highest BCUT2D eigenvalue weighted by molar-refractivity contribution is 5.81. The van der Waals surface area contributed by atoms with Crippen LogP contribution < -0.4 is 5.32 Å². The monoisotopic (exact) mass is 252 g/mol. The summed E-state index contributed by atoms with van der Waals surface area (Å²) in [6.07, 6.45) is 1.74. The number of hydrogen-bond acceptors (Lipinski definition) is 3. The number of aromatic hydroxyl groups is 1. The first-order chi connectivity index (χ1) is 8.61. The van der Waals surface area contributed by atoms with Crippen LogP contribution in [0.4, 0.5) is 4.39 Å². The Kier molecular flexibility index (Phi) is 3.81. The fourth-order valence-corrected chi connectivity index (χ4v) is 2.38. The molecule has 0 aromatic heterocycles. The van der Waals surface area contributed by atoms with Gasteiger partial charge < -0.3 is 10.4 Å². The molecule has 1 fully saturated rings. The quantitative estimate of drug-likeness (QED) is 0.851. The largest absolute Gasteiger partial charge is 0.508 e. The summed E-state index contributed by atoms with van der Waals surface area (Å²) >= 11 is 0. The van der Waals surface area contributed by atoms with Crippen LogP contribution in [0.1, 0.15) is 18.4 Å². The molecule has 1 aromatic rings. The van der Waals surface area contributed by atoms with E-state index in [1.165, 1.54) is 18.2 Å². The molecule has 0 saturated carbocycles. The highest BCUT2D eigenvalue weighted by atomic mass is 19.1. The molecule has 1 heterocycles. The van der Waals surface area contributed by atoms with Gasteiger partial charge in [0.05, 0.1) is 6.04 Å². The molecule has 18 heavy (non-hydrogen) atoms. The van der Waals surface area contributed by atoms with E-state index in [0.717, 1.165) is 19.4 Å². The third-order valence-electron chi connectivity index (χ3n) is 3.33. The normalized spacial score (nSPS) is 20.0. The first kappa shape index (κ1) is 12.8. The van der Waals surface area contributed by atoms with Crippen molar-refractivity contribution in [2.45, 2.75) is 25.4 Å². The lowest BCUT2D eigenvalue weighted by atomic mass is 10.1. The van der Waals surface area contributed by atoms with Gasteiger partial charge in [-0.2, -0.15) is 0 Å². The summed E-state index contributed by atoms with van der Waals surface area (Å²) in [5, 5.41) is 12.3. The van der Waals surface area contributed by atoms with Crippen LogP contribution in [0.2, 0.25) is 0 Å². The lowest BCUT2D eigenvalue weighted by molar-refractivity contribution is -0.125. The highest BCUT2D eigenvalue weighted by Gasteiger charge is 2.30. The number of phenolic OH excluding ortho intramolecular Hbond substituents is 1. The number of nitrogens with one attached hydrogen (secondary N) is 1. The van der Waals surface area contributed by atoms with Crippen LogP contribution in [0, 0.1) is 5.82 Å². The molecule has 1 aliphatic rings. The molecular weight excluding hydrogens is 235 g/mol. The SMILES string of the molecule is CNC(=O)C1CCCN1Cc1cc(F)ccc1O. The maximum absolute atomic E-state index is 13.1. The van der Waals surface area contributed by atoms with Crippen molar-refractivity contribution in [3.05, 3.63) is 29.6 Å². The van der Waals surface area contributed by atoms with Crippen LogP contribution in [0.3, 0.4) is 0 Å². The fraction of sp³-hybridized carbons (Fsp3) is 0.462. The van der Waals surface area contributed by atoms with E-state index >= 15 is 0 Å². The molecule has 2 rings (SSSR count). The number of rotatable bonds is 3. The third-order valence-corrected chi connectivity index (χ3v) is 3.33. The summed E-state index contributed by atoms with van der Waals surface area (Å²) in [6.45, 7) is 1.18. The van der Waals surface area contributed by atoms with Crippen LogP contribution in [0.25, 0.3) is 0 Å². The van der Waals surface area contributed by atoms with Gasteiger partial charge in [-0.15, -0.1) is 0 Å². The van der Waals surface area contributed by atoms with E-state index in [2.05, 4.69) is 5.32 Å². The molecule has 5 heteroatoms. The lowest BCUT2D eigenvalue weighted by Crippen LogP contribution is -2.41. The summed E-state index contributed by atoms with van der Waals surface area (Å²) in [6, 6.07) is 3.70. The van der Waals surface area contributed by atoms with E-state index in [-0.39, 0.29) is 23.5 Å². The van der Waals surface area contributed by atoms with Crippen LogP contribution in [0.15, 0.2) is 18.2 Å². The van der Waals surface area contributed by atoms with Crippen molar-refractivity contribution in [1.82, 2.24) is 10.2 Å². The van der Waals surface area contributed by atoms with Crippen LogP contribution in [0.5, 0.6) is 5.75 Å². The second-order valence-corrected chi connectivity index (χ2v) is 4.52. The summed E-state index contributed by atoms with van der Waals surface area (Å²) in [4.78, 5) is 13.6. The number of nitrogens with zero attached hydrogens (tertiary/aromatic N) is 1. The van der Waals surface area contributed by atoms with Crippen molar-refractivity contribution in [3.8, 4) is 5.75 Å². The minimum Gasteiger partial charge on any atom is -0.508 e. The second-order valence-electron chi connectivity index (χ2n) is 4.52. The summed E-state index contributed by atoms with van der Waals surface area (Å²) < 4.78 is 13.1. The predicted octanol–water partition coefficient (Wildman–Crippen LogP) is 1.24. The molecule has 0 bridgehead atoms. The molecule has 98 valence electrons. The van der Waals surface area contributed by atoms with Crippen molar-refractivity contribution in [3.63, 3.8) is 0 Å². The van der Waals surface area contributed by atoms with Gasteiger partial charge in [-0.3, -0.25) is 9.69 Å². The minimum atomic E-state index is -0.376. The van der Waals surface area contributed by atoms with E-state index in [1.54, 1.807) is 7.05 Å². The average molecular weight is 252 g/mol. The van der Waals surface area contributed by atoms with Crippen LogP contribution in [-0.4, -0.2) is 35.5 Å². The number of carbonyl (C=O) groups is 1. The Bertz CT molecular complexity index is 451. The number of phenols is 1. The van der Waals surface area contributed by atoms with Crippen molar-refractivity contribution in [2.24, 2.45) is 0 Å². The van der Waals surface area contributed by atoms with Crippen molar-refractivity contribution in [1.29, 1.82) is 0 Å². The van der Waals surface area contributed by atoms with Gasteiger partial charge in [-0.05, 0) is 37.6 Å². The molecule has 0 spiro atoms. The predicted molar refractivity (Wildman–Crippen MR) is 65.6 cm³/mol. The van der Waals surface area contributed by atoms with E-state index in [1.807, 2.05) is 4.90 Å². The van der Waals surface area contributed by atoms with Crippen LogP contribution in [-0.2, 0) is 11.3 Å². The molecule has 1 saturated heterocycles. The summed E-state index contributed by atoms with van der Waals surface area (Å²) in [7, 11) is 1.61. The van der Waals surface area contributed by atoms with E-state index in [0.29, 0.717) is 12.1 Å². The molecule has 0 radical (unpaired) electrons. The number of benzene rings is 1. The molecule has 4 nitrogen and oxygen atoms in total. The maximum Gasteiger partial charge on any atom is 0.237 e. The van der Waals surface area contributed by atoms with E-state index in [9.17, 15) is 14.3 Å². The van der Waals surface area contributed by atoms with Gasteiger partial charge >= 0.3 is 0 Å². The second kappa shape index (κ2) is 5.35. The first-order valence-corrected chi connectivity index (χ1v) is 6.05. The van der Waals surface area contributed by atoms with Gasteiger partial charge in [0.1, 0.15) is 11.6 Å². The Morgan fingerprint density at radius 1 is 1.61 bits per heavy atom. The Balaban J connectivity index is 2.13. The molecule has 1 aromatic carbocycles. The molecular formula is C13H17FN2O2. The Morgan fingerprint density at radius 2 is 2.39 bits per heavy atom. The molecule has 1 amide bonds. The van der Waals surface area contributed by atoms with Gasteiger partial charge in [-0.25, -0.2) is 4.39 Å². The Labute approximate surface area is 105 Å². The zero-order chi connectivity index (χ0) is 13.1. The zero-order valence-electron chi connectivity index (χ0n) is 10.3. The van der Waals surface area contributed by atoms with E-state index < -0.39 is 0 Å². The molecule has 1 unspecified atom stereocenters. The third kappa shape index (κ3) is 2.61. The lowest BCUT2D eigenvalue weighted by Gasteiger charge is -2.23. The topological polar surface area (TPSA) is 52.6 Å². The first-order valence-electron chi connectivity index (χ1n) is 6.05. The molecule has 0 aliphatic carbocycles. The molecule has 1 atom stereocenters. The van der Waals surface area contributed by atoms with Gasteiger partial charge in [0.25, 0.3) is 0 Å². The van der Waals surface area contributed by atoms with Crippen LogP contribution >= 0.6 is 0 Å². The zero-order valence-corrected chi connectivity index (χ0v) is 10.3. The Hall–Kier alpha value is -1.62. The number of likely N-dealkylation sites (tertiary alicyclic amines) is 1. The number of halogens is 1. The number of hydrogen-bond donors (Lipinski definition) is 2. The van der Waals surface area contributed by atoms with Gasteiger partial charge in [0, 0.05) is 19.2 Å². The average Bonchev–Trinajstić information content (AvgIpc) is 2.81. The smallest absolute Gasteiger partial charge is 0.237 e.